The Morgan fingerprint density at radius 3 is 2.57 bits per heavy atom. The van der Waals surface area contributed by atoms with Crippen LogP contribution >= 0.6 is 0 Å². The molecule has 0 aliphatic carbocycles. The molecule has 2 aromatic carbocycles. The number of benzene rings is 2. The van der Waals surface area contributed by atoms with Crippen molar-refractivity contribution in [2.45, 2.75) is 20.3 Å². The summed E-state index contributed by atoms with van der Waals surface area (Å²) < 4.78 is 24.7. The second-order valence-electron chi connectivity index (χ2n) is 5.62. The first-order valence-electron chi connectivity index (χ1n) is 8.83. The summed E-state index contributed by atoms with van der Waals surface area (Å²) in [5.74, 6) is -1.51. The molecular formula is C20H22FN3O4. The molecule has 148 valence electrons. The number of halogens is 1. The maximum absolute atomic E-state index is 13.5. The largest absolute Gasteiger partial charge is 0.490 e. The monoisotopic (exact) mass is 387 g/mol. The summed E-state index contributed by atoms with van der Waals surface area (Å²) >= 11 is 0. The van der Waals surface area contributed by atoms with Gasteiger partial charge in [0.05, 0.1) is 25.1 Å². The van der Waals surface area contributed by atoms with E-state index < -0.39 is 17.6 Å². The third-order valence-corrected chi connectivity index (χ3v) is 3.44. The van der Waals surface area contributed by atoms with Gasteiger partial charge in [-0.25, -0.2) is 9.82 Å². The van der Waals surface area contributed by atoms with E-state index in [-0.39, 0.29) is 5.69 Å². The Labute approximate surface area is 162 Å². The van der Waals surface area contributed by atoms with Gasteiger partial charge >= 0.3 is 11.8 Å². The molecule has 0 aromatic heterocycles. The van der Waals surface area contributed by atoms with Crippen molar-refractivity contribution in [3.05, 3.63) is 53.8 Å². The molecule has 0 aliphatic heterocycles. The number of hydrogen-bond donors (Lipinski definition) is 2. The van der Waals surface area contributed by atoms with Crippen molar-refractivity contribution in [1.29, 1.82) is 0 Å². The molecule has 2 N–H and O–H groups in total. The highest BCUT2D eigenvalue weighted by atomic mass is 19.1. The van der Waals surface area contributed by atoms with Crippen LogP contribution in [0.4, 0.5) is 10.1 Å². The molecule has 7 nitrogen and oxygen atoms in total. The molecule has 0 fully saturated rings. The standard InChI is InChI=1S/C20H22FN3O4/c1-3-11-28-17-10-9-14(12-18(17)27-4-2)13-22-24-20(26)19(25)23-16-8-6-5-7-15(16)21/h5-10,12-13H,3-4,11H2,1-2H3,(H,23,25)(H,24,26)/b22-13+. The number of hydrogen-bond acceptors (Lipinski definition) is 5. The van der Waals surface area contributed by atoms with Crippen LogP contribution in [0.5, 0.6) is 11.5 Å². The zero-order valence-corrected chi connectivity index (χ0v) is 15.7. The van der Waals surface area contributed by atoms with Crippen molar-refractivity contribution in [3.8, 4) is 11.5 Å². The van der Waals surface area contributed by atoms with E-state index >= 15 is 0 Å². The van der Waals surface area contributed by atoms with Gasteiger partial charge in [0.25, 0.3) is 0 Å². The summed E-state index contributed by atoms with van der Waals surface area (Å²) in [4.78, 5) is 23.6. The maximum Gasteiger partial charge on any atom is 0.329 e. The second kappa shape index (κ2) is 10.7. The molecule has 0 radical (unpaired) electrons. The first-order chi connectivity index (χ1) is 13.5. The molecule has 0 atom stereocenters. The summed E-state index contributed by atoms with van der Waals surface area (Å²) in [6.07, 6.45) is 2.23. The minimum atomic E-state index is -1.03. The van der Waals surface area contributed by atoms with Crippen LogP contribution in [-0.4, -0.2) is 31.2 Å². The number of carbonyl (C=O) groups excluding carboxylic acids is 2. The van der Waals surface area contributed by atoms with Gasteiger partial charge in [-0.05, 0) is 49.2 Å². The van der Waals surface area contributed by atoms with E-state index in [1.165, 1.54) is 24.4 Å². The predicted octanol–water partition coefficient (Wildman–Crippen LogP) is 3.10. The fraction of sp³-hybridized carbons (Fsp3) is 0.250. The number of nitrogens with zero attached hydrogens (tertiary/aromatic N) is 1. The third kappa shape index (κ3) is 6.08. The van der Waals surface area contributed by atoms with Gasteiger partial charge in [-0.1, -0.05) is 19.1 Å². The van der Waals surface area contributed by atoms with Gasteiger partial charge in [0, 0.05) is 0 Å². The van der Waals surface area contributed by atoms with Gasteiger partial charge in [0.2, 0.25) is 0 Å². The van der Waals surface area contributed by atoms with Crippen LogP contribution in [0.15, 0.2) is 47.6 Å². The molecule has 2 amide bonds. The first-order valence-corrected chi connectivity index (χ1v) is 8.83. The fourth-order valence-corrected chi connectivity index (χ4v) is 2.16. The number of carbonyl (C=O) groups is 2. The molecule has 2 aromatic rings. The smallest absolute Gasteiger partial charge is 0.329 e. The Morgan fingerprint density at radius 1 is 1.07 bits per heavy atom. The number of amides is 2. The highest BCUT2D eigenvalue weighted by Crippen LogP contribution is 2.28. The lowest BCUT2D eigenvalue weighted by atomic mass is 10.2. The third-order valence-electron chi connectivity index (χ3n) is 3.44. The quantitative estimate of drug-likeness (QED) is 0.414. The van der Waals surface area contributed by atoms with Gasteiger partial charge in [-0.15, -0.1) is 0 Å². The molecule has 0 unspecified atom stereocenters. The van der Waals surface area contributed by atoms with E-state index in [9.17, 15) is 14.0 Å². The van der Waals surface area contributed by atoms with Crippen molar-refractivity contribution >= 4 is 23.7 Å². The van der Waals surface area contributed by atoms with Crippen LogP contribution in [0.1, 0.15) is 25.8 Å². The van der Waals surface area contributed by atoms with Gasteiger partial charge in [-0.3, -0.25) is 9.59 Å². The van der Waals surface area contributed by atoms with E-state index in [4.69, 9.17) is 9.47 Å². The lowest BCUT2D eigenvalue weighted by molar-refractivity contribution is -0.136. The molecule has 2 rings (SSSR count). The summed E-state index contributed by atoms with van der Waals surface area (Å²) in [5.41, 5.74) is 2.65. The average molecular weight is 387 g/mol. The molecular weight excluding hydrogens is 365 g/mol. The van der Waals surface area contributed by atoms with Crippen LogP contribution < -0.4 is 20.2 Å². The highest BCUT2D eigenvalue weighted by molar-refractivity contribution is 6.39. The normalized spacial score (nSPS) is 10.5. The van der Waals surface area contributed by atoms with Gasteiger partial charge in [0.15, 0.2) is 11.5 Å². The van der Waals surface area contributed by atoms with Crippen molar-refractivity contribution in [3.63, 3.8) is 0 Å². The Balaban J connectivity index is 1.97. The Hall–Kier alpha value is -3.42. The van der Waals surface area contributed by atoms with Crippen molar-refractivity contribution in [2.24, 2.45) is 5.10 Å². The minimum absolute atomic E-state index is 0.0874. The summed E-state index contributed by atoms with van der Waals surface area (Å²) in [6.45, 7) is 4.90. The number of rotatable bonds is 8. The topological polar surface area (TPSA) is 89.0 Å². The van der Waals surface area contributed by atoms with E-state index in [2.05, 4.69) is 15.8 Å². The Morgan fingerprint density at radius 2 is 1.86 bits per heavy atom. The molecule has 0 saturated heterocycles. The highest BCUT2D eigenvalue weighted by Gasteiger charge is 2.14. The van der Waals surface area contributed by atoms with Crippen LogP contribution in [0.2, 0.25) is 0 Å². The van der Waals surface area contributed by atoms with E-state index in [1.54, 1.807) is 24.3 Å². The lowest BCUT2D eigenvalue weighted by Crippen LogP contribution is -2.32. The van der Waals surface area contributed by atoms with Crippen molar-refractivity contribution in [2.75, 3.05) is 18.5 Å². The molecule has 0 heterocycles. The molecule has 0 aliphatic rings. The Bertz CT molecular complexity index is 855. The van der Waals surface area contributed by atoms with E-state index in [0.29, 0.717) is 30.3 Å². The van der Waals surface area contributed by atoms with Crippen LogP contribution in [0, 0.1) is 5.82 Å². The SMILES string of the molecule is CCCOc1ccc(/C=N/NC(=O)C(=O)Nc2ccccc2F)cc1OCC. The van der Waals surface area contributed by atoms with E-state index in [0.717, 1.165) is 6.42 Å². The molecule has 0 spiro atoms. The van der Waals surface area contributed by atoms with Crippen LogP contribution in [0.25, 0.3) is 0 Å². The Kier molecular flexibility index (Phi) is 7.95. The van der Waals surface area contributed by atoms with Gasteiger partial charge in [0.1, 0.15) is 5.82 Å². The minimum Gasteiger partial charge on any atom is -0.490 e. The number of ether oxygens (including phenoxy) is 2. The van der Waals surface area contributed by atoms with Crippen LogP contribution in [0.3, 0.4) is 0 Å². The molecule has 0 saturated carbocycles. The second-order valence-corrected chi connectivity index (χ2v) is 5.62. The number of anilines is 1. The van der Waals surface area contributed by atoms with Crippen molar-refractivity contribution < 1.29 is 23.5 Å². The fourth-order valence-electron chi connectivity index (χ4n) is 2.16. The first kappa shape index (κ1) is 20.9. The van der Waals surface area contributed by atoms with Gasteiger partial charge < -0.3 is 14.8 Å². The average Bonchev–Trinajstić information content (AvgIpc) is 2.69. The lowest BCUT2D eigenvalue weighted by Gasteiger charge is -2.11. The number of hydrazone groups is 1. The summed E-state index contributed by atoms with van der Waals surface area (Å²) in [5, 5.41) is 5.92. The van der Waals surface area contributed by atoms with Crippen LogP contribution in [-0.2, 0) is 9.59 Å². The number of nitrogens with one attached hydrogen (secondary N) is 2. The molecule has 28 heavy (non-hydrogen) atoms. The van der Waals surface area contributed by atoms with Crippen molar-refractivity contribution in [1.82, 2.24) is 5.43 Å². The number of para-hydroxylation sites is 1. The zero-order valence-electron chi connectivity index (χ0n) is 15.7. The predicted molar refractivity (Wildman–Crippen MR) is 104 cm³/mol. The summed E-state index contributed by atoms with van der Waals surface area (Å²) in [6, 6.07) is 10.7. The van der Waals surface area contributed by atoms with Gasteiger partial charge in [-0.2, -0.15) is 5.10 Å². The molecule has 0 bridgehead atoms. The summed E-state index contributed by atoms with van der Waals surface area (Å²) in [7, 11) is 0. The zero-order chi connectivity index (χ0) is 20.4. The van der Waals surface area contributed by atoms with E-state index in [1.807, 2.05) is 13.8 Å². The maximum atomic E-state index is 13.5. The molecule has 8 heteroatoms.